The molecular weight excluding hydrogens is 295 g/mol. The van der Waals surface area contributed by atoms with Gasteiger partial charge in [-0.05, 0) is 40.5 Å². The fraction of sp³-hybridized carbons (Fsp3) is 0.0526. The number of halogens is 1. The molecule has 0 aromatic heterocycles. The van der Waals surface area contributed by atoms with Crippen molar-refractivity contribution in [3.8, 4) is 22.3 Å². The summed E-state index contributed by atoms with van der Waals surface area (Å²) in [4.78, 5) is 0. The molecule has 21 heavy (non-hydrogen) atoms. The van der Waals surface area contributed by atoms with Gasteiger partial charge in [0.05, 0.1) is 0 Å². The highest BCUT2D eigenvalue weighted by Crippen LogP contribution is 2.30. The molecule has 0 nitrogen and oxygen atoms in total. The maximum atomic E-state index is 6.34. The first-order chi connectivity index (χ1) is 10.1. The van der Waals surface area contributed by atoms with E-state index < -0.39 is 0 Å². The van der Waals surface area contributed by atoms with E-state index in [1.54, 1.807) is 0 Å². The van der Waals surface area contributed by atoms with Crippen LogP contribution in [0.15, 0.2) is 66.7 Å². The molecule has 0 bridgehead atoms. The van der Waals surface area contributed by atoms with Crippen LogP contribution in [0.5, 0.6) is 0 Å². The quantitative estimate of drug-likeness (QED) is 0.550. The highest BCUT2D eigenvalue weighted by Gasteiger charge is 2.04. The minimum Gasteiger partial charge on any atom is -0.106 e. The number of benzene rings is 3. The Morgan fingerprint density at radius 3 is 1.81 bits per heavy atom. The van der Waals surface area contributed by atoms with Gasteiger partial charge in [-0.15, -0.1) is 9.24 Å². The highest BCUT2D eigenvalue weighted by atomic mass is 35.5. The lowest BCUT2D eigenvalue weighted by Crippen LogP contribution is -1.88. The Labute approximate surface area is 133 Å². The van der Waals surface area contributed by atoms with Gasteiger partial charge in [-0.2, -0.15) is 0 Å². The molecular formula is C19H16ClP. The van der Waals surface area contributed by atoms with Crippen molar-refractivity contribution in [3.05, 3.63) is 77.3 Å². The van der Waals surface area contributed by atoms with Crippen LogP contribution in [0, 0.1) is 6.92 Å². The standard InChI is InChI=1S/C19H16ClP/c1-13-2-11-18(19(20)12-13)16-5-3-14(4-6-16)15-7-9-17(21)10-8-15/h2-12H,21H2,1H3. The Balaban J connectivity index is 1.95. The molecule has 0 N–H and O–H groups in total. The van der Waals surface area contributed by atoms with Gasteiger partial charge in [0.1, 0.15) is 0 Å². The van der Waals surface area contributed by atoms with E-state index in [0.29, 0.717) is 0 Å². The van der Waals surface area contributed by atoms with E-state index >= 15 is 0 Å². The normalized spacial score (nSPS) is 10.6. The van der Waals surface area contributed by atoms with Gasteiger partial charge in [-0.25, -0.2) is 0 Å². The minimum absolute atomic E-state index is 0.801. The lowest BCUT2D eigenvalue weighted by atomic mass is 10.00. The van der Waals surface area contributed by atoms with Crippen LogP contribution >= 0.6 is 20.8 Å². The predicted octanol–water partition coefficient (Wildman–Crippen LogP) is 5.48. The molecule has 0 spiro atoms. The first-order valence-electron chi connectivity index (χ1n) is 6.86. The van der Waals surface area contributed by atoms with Crippen LogP contribution in [-0.2, 0) is 0 Å². The second-order valence-corrected chi connectivity index (χ2v) is 6.26. The third-order valence-corrected chi connectivity index (χ3v) is 4.26. The molecule has 0 saturated carbocycles. The molecule has 1 unspecified atom stereocenters. The molecule has 0 aliphatic carbocycles. The van der Waals surface area contributed by atoms with Crippen LogP contribution in [-0.4, -0.2) is 0 Å². The van der Waals surface area contributed by atoms with Crippen LogP contribution < -0.4 is 5.30 Å². The molecule has 0 fully saturated rings. The van der Waals surface area contributed by atoms with E-state index in [4.69, 9.17) is 11.6 Å². The molecule has 3 aromatic rings. The van der Waals surface area contributed by atoms with Crippen molar-refractivity contribution < 1.29 is 0 Å². The summed E-state index contributed by atoms with van der Waals surface area (Å²) >= 11 is 6.34. The van der Waals surface area contributed by atoms with Crippen molar-refractivity contribution >= 4 is 26.1 Å². The lowest BCUT2D eigenvalue weighted by Gasteiger charge is -2.08. The van der Waals surface area contributed by atoms with E-state index in [1.807, 2.05) is 6.07 Å². The Hall–Kier alpha value is -1.62. The van der Waals surface area contributed by atoms with E-state index in [1.165, 1.54) is 22.0 Å². The third-order valence-electron chi connectivity index (χ3n) is 3.56. The topological polar surface area (TPSA) is 0 Å². The number of aryl methyl sites for hydroxylation is 1. The van der Waals surface area contributed by atoms with Gasteiger partial charge in [0.25, 0.3) is 0 Å². The lowest BCUT2D eigenvalue weighted by molar-refractivity contribution is 1.47. The Morgan fingerprint density at radius 1 is 0.714 bits per heavy atom. The monoisotopic (exact) mass is 310 g/mol. The maximum Gasteiger partial charge on any atom is 0.0487 e. The second kappa shape index (κ2) is 6.02. The van der Waals surface area contributed by atoms with Crippen LogP contribution in [0.25, 0.3) is 22.3 Å². The van der Waals surface area contributed by atoms with Gasteiger partial charge in [0.2, 0.25) is 0 Å². The average molecular weight is 311 g/mol. The minimum atomic E-state index is 0.801. The predicted molar refractivity (Wildman–Crippen MR) is 96.4 cm³/mol. The fourth-order valence-corrected chi connectivity index (χ4v) is 2.91. The average Bonchev–Trinajstić information content (AvgIpc) is 2.48. The van der Waals surface area contributed by atoms with Crippen LogP contribution in [0.3, 0.4) is 0 Å². The summed E-state index contributed by atoms with van der Waals surface area (Å²) < 4.78 is 0. The zero-order valence-electron chi connectivity index (χ0n) is 11.8. The summed E-state index contributed by atoms with van der Waals surface area (Å²) in [5.74, 6) is 0. The van der Waals surface area contributed by atoms with E-state index in [2.05, 4.69) is 76.8 Å². The number of hydrogen-bond acceptors (Lipinski definition) is 0. The van der Waals surface area contributed by atoms with Crippen molar-refractivity contribution in [1.29, 1.82) is 0 Å². The molecule has 3 aromatic carbocycles. The van der Waals surface area contributed by atoms with Crippen LogP contribution in [0.1, 0.15) is 5.56 Å². The molecule has 0 aliphatic rings. The summed E-state index contributed by atoms with van der Waals surface area (Å²) in [5, 5.41) is 2.00. The smallest absolute Gasteiger partial charge is 0.0487 e. The number of hydrogen-bond donors (Lipinski definition) is 0. The molecule has 0 saturated heterocycles. The molecule has 0 amide bonds. The zero-order chi connectivity index (χ0) is 14.8. The fourth-order valence-electron chi connectivity index (χ4n) is 2.37. The van der Waals surface area contributed by atoms with Gasteiger partial charge in [-0.1, -0.05) is 72.3 Å². The summed E-state index contributed by atoms with van der Waals surface area (Å²) in [5.41, 5.74) is 5.84. The van der Waals surface area contributed by atoms with E-state index in [-0.39, 0.29) is 0 Å². The molecule has 2 heteroatoms. The van der Waals surface area contributed by atoms with Gasteiger partial charge in [-0.3, -0.25) is 0 Å². The molecule has 0 radical (unpaired) electrons. The van der Waals surface area contributed by atoms with Crippen LogP contribution in [0.4, 0.5) is 0 Å². The molecule has 1 atom stereocenters. The zero-order valence-corrected chi connectivity index (χ0v) is 13.7. The SMILES string of the molecule is Cc1ccc(-c2ccc(-c3ccc(P)cc3)cc2)c(Cl)c1. The first-order valence-corrected chi connectivity index (χ1v) is 7.81. The molecule has 0 aliphatic heterocycles. The summed E-state index contributed by atoms with van der Waals surface area (Å²) in [7, 11) is 2.71. The van der Waals surface area contributed by atoms with Crippen molar-refractivity contribution in [2.75, 3.05) is 0 Å². The molecule has 104 valence electrons. The largest absolute Gasteiger partial charge is 0.106 e. The Kier molecular flexibility index (Phi) is 4.10. The second-order valence-electron chi connectivity index (χ2n) is 5.18. The Morgan fingerprint density at radius 2 is 1.24 bits per heavy atom. The van der Waals surface area contributed by atoms with Gasteiger partial charge in [0, 0.05) is 10.6 Å². The maximum absolute atomic E-state index is 6.34. The van der Waals surface area contributed by atoms with E-state index in [0.717, 1.165) is 16.1 Å². The molecule has 3 rings (SSSR count). The van der Waals surface area contributed by atoms with Gasteiger partial charge in [0.15, 0.2) is 0 Å². The summed E-state index contributed by atoms with van der Waals surface area (Å²) in [6.45, 7) is 2.05. The van der Waals surface area contributed by atoms with Crippen molar-refractivity contribution in [2.45, 2.75) is 6.92 Å². The van der Waals surface area contributed by atoms with Crippen LogP contribution in [0.2, 0.25) is 5.02 Å². The Bertz CT molecular complexity index is 759. The van der Waals surface area contributed by atoms with Gasteiger partial charge < -0.3 is 0 Å². The third kappa shape index (κ3) is 3.18. The van der Waals surface area contributed by atoms with Crippen molar-refractivity contribution in [3.63, 3.8) is 0 Å². The van der Waals surface area contributed by atoms with Crippen molar-refractivity contribution in [2.24, 2.45) is 0 Å². The number of rotatable bonds is 2. The van der Waals surface area contributed by atoms with Gasteiger partial charge >= 0.3 is 0 Å². The summed E-state index contributed by atoms with van der Waals surface area (Å²) in [6.07, 6.45) is 0. The summed E-state index contributed by atoms with van der Waals surface area (Å²) in [6, 6.07) is 23.2. The molecule has 0 heterocycles. The first kappa shape index (κ1) is 14.3. The highest BCUT2D eigenvalue weighted by molar-refractivity contribution is 7.27. The van der Waals surface area contributed by atoms with E-state index in [9.17, 15) is 0 Å². The van der Waals surface area contributed by atoms with Crippen molar-refractivity contribution in [1.82, 2.24) is 0 Å².